The van der Waals surface area contributed by atoms with Crippen LogP contribution in [0.4, 0.5) is 0 Å². The lowest BCUT2D eigenvalue weighted by molar-refractivity contribution is 0.110. The molecule has 1 aromatic rings. The van der Waals surface area contributed by atoms with Gasteiger partial charge < -0.3 is 10.1 Å². The van der Waals surface area contributed by atoms with Crippen LogP contribution in [-0.2, 0) is 17.9 Å². The highest BCUT2D eigenvalue weighted by molar-refractivity contribution is 5.21. The molecule has 0 atom stereocenters. The quantitative estimate of drug-likeness (QED) is 0.709. The Hall–Kier alpha value is -0.860. The molecular formula is C16H27NO. The van der Waals surface area contributed by atoms with E-state index in [0.717, 1.165) is 32.1 Å². The number of benzene rings is 1. The third-order valence-electron chi connectivity index (χ3n) is 2.85. The summed E-state index contributed by atoms with van der Waals surface area (Å²) in [5.74, 6) is 0.717. The van der Waals surface area contributed by atoms with Crippen LogP contribution < -0.4 is 5.32 Å². The van der Waals surface area contributed by atoms with Crippen molar-refractivity contribution in [2.24, 2.45) is 5.92 Å². The first-order chi connectivity index (χ1) is 8.58. The van der Waals surface area contributed by atoms with Crippen molar-refractivity contribution in [3.8, 4) is 0 Å². The maximum absolute atomic E-state index is 5.65. The molecule has 1 aromatic carbocycles. The molecule has 2 heteroatoms. The molecule has 0 aromatic heterocycles. The molecule has 0 fully saturated rings. The van der Waals surface area contributed by atoms with Gasteiger partial charge in [-0.15, -0.1) is 0 Å². The maximum Gasteiger partial charge on any atom is 0.0716 e. The van der Waals surface area contributed by atoms with Crippen LogP contribution in [0.3, 0.4) is 0 Å². The van der Waals surface area contributed by atoms with Crippen molar-refractivity contribution in [1.82, 2.24) is 5.32 Å². The number of hydrogen-bond acceptors (Lipinski definition) is 2. The van der Waals surface area contributed by atoms with E-state index in [1.807, 2.05) is 0 Å². The summed E-state index contributed by atoms with van der Waals surface area (Å²) in [6.45, 7) is 11.3. The molecular weight excluding hydrogens is 222 g/mol. The van der Waals surface area contributed by atoms with Crippen LogP contribution in [0.15, 0.2) is 24.3 Å². The molecule has 2 nitrogen and oxygen atoms in total. The van der Waals surface area contributed by atoms with Gasteiger partial charge in [0.05, 0.1) is 6.61 Å². The lowest BCUT2D eigenvalue weighted by atomic mass is 10.1. The number of hydrogen-bond donors (Lipinski definition) is 1. The van der Waals surface area contributed by atoms with Gasteiger partial charge in [0.15, 0.2) is 0 Å². The smallest absolute Gasteiger partial charge is 0.0716 e. The van der Waals surface area contributed by atoms with Gasteiger partial charge in [-0.25, -0.2) is 0 Å². The van der Waals surface area contributed by atoms with E-state index in [0.29, 0.717) is 6.04 Å². The van der Waals surface area contributed by atoms with E-state index >= 15 is 0 Å². The van der Waals surface area contributed by atoms with Gasteiger partial charge in [-0.3, -0.25) is 0 Å². The lowest BCUT2D eigenvalue weighted by Gasteiger charge is -2.09. The molecule has 0 aliphatic heterocycles. The first-order valence-electron chi connectivity index (χ1n) is 6.97. The van der Waals surface area contributed by atoms with Crippen molar-refractivity contribution in [3.05, 3.63) is 35.4 Å². The Morgan fingerprint density at radius 2 is 1.61 bits per heavy atom. The molecule has 0 heterocycles. The molecule has 0 saturated carbocycles. The van der Waals surface area contributed by atoms with E-state index in [2.05, 4.69) is 57.3 Å². The topological polar surface area (TPSA) is 21.3 Å². The summed E-state index contributed by atoms with van der Waals surface area (Å²) in [6, 6.07) is 9.20. The number of rotatable bonds is 8. The molecule has 18 heavy (non-hydrogen) atoms. The standard InChI is InChI=1S/C16H27NO/c1-13(2)9-10-18-12-16-7-5-15(6-8-16)11-17-14(3)4/h5-8,13-14,17H,9-12H2,1-4H3. The predicted octanol–water partition coefficient (Wildman–Crippen LogP) is 3.75. The molecule has 1 rings (SSSR count). The van der Waals surface area contributed by atoms with Gasteiger partial charge in [0.1, 0.15) is 0 Å². The van der Waals surface area contributed by atoms with Gasteiger partial charge in [0.25, 0.3) is 0 Å². The predicted molar refractivity (Wildman–Crippen MR) is 77.5 cm³/mol. The van der Waals surface area contributed by atoms with Gasteiger partial charge in [0, 0.05) is 19.2 Å². The second-order valence-electron chi connectivity index (χ2n) is 5.59. The summed E-state index contributed by atoms with van der Waals surface area (Å²) < 4.78 is 5.65. The average Bonchev–Trinajstić information content (AvgIpc) is 2.33. The van der Waals surface area contributed by atoms with Crippen LogP contribution in [0.2, 0.25) is 0 Å². The van der Waals surface area contributed by atoms with Crippen LogP contribution in [0, 0.1) is 5.92 Å². The Morgan fingerprint density at radius 1 is 1.00 bits per heavy atom. The molecule has 0 saturated heterocycles. The van der Waals surface area contributed by atoms with E-state index < -0.39 is 0 Å². The van der Waals surface area contributed by atoms with E-state index in [1.165, 1.54) is 11.1 Å². The summed E-state index contributed by atoms with van der Waals surface area (Å²) >= 11 is 0. The second kappa shape index (κ2) is 8.28. The summed E-state index contributed by atoms with van der Waals surface area (Å²) in [4.78, 5) is 0. The van der Waals surface area contributed by atoms with Crippen molar-refractivity contribution >= 4 is 0 Å². The summed E-state index contributed by atoms with van der Waals surface area (Å²) in [5.41, 5.74) is 2.58. The van der Waals surface area contributed by atoms with E-state index in [1.54, 1.807) is 0 Å². The van der Waals surface area contributed by atoms with Gasteiger partial charge in [-0.1, -0.05) is 52.0 Å². The van der Waals surface area contributed by atoms with Crippen LogP contribution in [-0.4, -0.2) is 12.6 Å². The molecule has 0 aliphatic rings. The van der Waals surface area contributed by atoms with Crippen molar-refractivity contribution in [3.63, 3.8) is 0 Å². The molecule has 0 radical (unpaired) electrons. The van der Waals surface area contributed by atoms with Crippen LogP contribution in [0.25, 0.3) is 0 Å². The first-order valence-corrected chi connectivity index (χ1v) is 6.97. The first kappa shape index (κ1) is 15.2. The highest BCUT2D eigenvalue weighted by Crippen LogP contribution is 2.07. The minimum absolute atomic E-state index is 0.532. The van der Waals surface area contributed by atoms with Crippen LogP contribution in [0.5, 0.6) is 0 Å². The van der Waals surface area contributed by atoms with Crippen LogP contribution in [0.1, 0.15) is 45.2 Å². The third-order valence-corrected chi connectivity index (χ3v) is 2.85. The fourth-order valence-corrected chi connectivity index (χ4v) is 1.58. The van der Waals surface area contributed by atoms with E-state index in [4.69, 9.17) is 4.74 Å². The molecule has 0 spiro atoms. The zero-order valence-corrected chi connectivity index (χ0v) is 12.2. The van der Waals surface area contributed by atoms with Gasteiger partial charge in [-0.05, 0) is 23.5 Å². The second-order valence-corrected chi connectivity index (χ2v) is 5.59. The molecule has 102 valence electrons. The van der Waals surface area contributed by atoms with E-state index in [-0.39, 0.29) is 0 Å². The minimum atomic E-state index is 0.532. The number of nitrogens with one attached hydrogen (secondary N) is 1. The Morgan fingerprint density at radius 3 is 2.17 bits per heavy atom. The lowest BCUT2D eigenvalue weighted by Crippen LogP contribution is -2.21. The highest BCUT2D eigenvalue weighted by Gasteiger charge is 1.98. The van der Waals surface area contributed by atoms with Crippen molar-refractivity contribution < 1.29 is 4.74 Å². The summed E-state index contributed by atoms with van der Waals surface area (Å²) in [5, 5.41) is 3.41. The Balaban J connectivity index is 2.27. The third kappa shape index (κ3) is 6.77. The average molecular weight is 249 g/mol. The maximum atomic E-state index is 5.65. The Bertz CT molecular complexity index is 316. The molecule has 0 aliphatic carbocycles. The van der Waals surface area contributed by atoms with Gasteiger partial charge in [-0.2, -0.15) is 0 Å². The largest absolute Gasteiger partial charge is 0.377 e. The van der Waals surface area contributed by atoms with E-state index in [9.17, 15) is 0 Å². The van der Waals surface area contributed by atoms with Crippen molar-refractivity contribution in [1.29, 1.82) is 0 Å². The van der Waals surface area contributed by atoms with Crippen LogP contribution >= 0.6 is 0 Å². The zero-order valence-electron chi connectivity index (χ0n) is 12.2. The molecule has 0 amide bonds. The fourth-order valence-electron chi connectivity index (χ4n) is 1.58. The van der Waals surface area contributed by atoms with Crippen molar-refractivity contribution in [2.45, 2.75) is 53.3 Å². The van der Waals surface area contributed by atoms with Gasteiger partial charge in [0.2, 0.25) is 0 Å². The molecule has 0 bridgehead atoms. The monoisotopic (exact) mass is 249 g/mol. The van der Waals surface area contributed by atoms with Gasteiger partial charge >= 0.3 is 0 Å². The Labute approximate surface area is 112 Å². The summed E-state index contributed by atoms with van der Waals surface area (Å²) in [6.07, 6.45) is 1.14. The normalized spacial score (nSPS) is 11.4. The molecule has 1 N–H and O–H groups in total. The summed E-state index contributed by atoms with van der Waals surface area (Å²) in [7, 11) is 0. The Kier molecular flexibility index (Phi) is 6.99. The minimum Gasteiger partial charge on any atom is -0.377 e. The van der Waals surface area contributed by atoms with Crippen molar-refractivity contribution in [2.75, 3.05) is 6.61 Å². The SMILES string of the molecule is CC(C)CCOCc1ccc(CNC(C)C)cc1. The highest BCUT2D eigenvalue weighted by atomic mass is 16.5. The number of ether oxygens (including phenoxy) is 1. The molecule has 0 unspecified atom stereocenters. The zero-order chi connectivity index (χ0) is 13.4. The fraction of sp³-hybridized carbons (Fsp3) is 0.625.